The average molecular weight is 734 g/mol. The number of likely N-dealkylation sites (N-methyl/N-ethyl adjacent to an activating group) is 1. The van der Waals surface area contributed by atoms with E-state index in [9.17, 15) is 19.0 Å². The maximum Gasteiger partial charge on any atom is 0.472 e. The maximum atomic E-state index is 12.6. The number of hydrogen-bond donors (Lipinski definition) is 1. The van der Waals surface area contributed by atoms with Gasteiger partial charge >= 0.3 is 19.8 Å². The third kappa shape index (κ3) is 36.8. The molecule has 1 N–H and O–H groups in total. The van der Waals surface area contributed by atoms with E-state index < -0.39 is 26.5 Å². The van der Waals surface area contributed by atoms with Gasteiger partial charge in [-0.1, -0.05) is 174 Å². The quantitative estimate of drug-likeness (QED) is 0.0375. The molecule has 0 spiro atoms. The van der Waals surface area contributed by atoms with Crippen LogP contribution in [0.2, 0.25) is 0 Å². The van der Waals surface area contributed by atoms with Crippen molar-refractivity contribution >= 4 is 19.8 Å². The Morgan fingerprint density at radius 3 is 1.28 bits per heavy atom. The van der Waals surface area contributed by atoms with Crippen molar-refractivity contribution in [3.63, 3.8) is 0 Å². The summed E-state index contributed by atoms with van der Waals surface area (Å²) in [4.78, 5) is 36.9. The number of hydrogen-bond acceptors (Lipinski definition) is 8. The van der Waals surface area contributed by atoms with E-state index in [1.807, 2.05) is 19.0 Å². The molecule has 2 atom stereocenters. The second-order valence-corrected chi connectivity index (χ2v) is 16.0. The standard InChI is InChI=1S/C40H80NO8P/c1-5-7-9-11-13-15-17-19-20-21-23-25-27-29-31-33-40(43)49-38(37-48-50(44,45)47-35-34-41(3)4)36-46-39(42)32-30-28-26-24-22-18-16-14-12-10-8-6-2/h38H,5-37H2,1-4H3,(H,44,45). The van der Waals surface area contributed by atoms with Gasteiger partial charge in [-0.05, 0) is 26.9 Å². The molecule has 2 unspecified atom stereocenters. The van der Waals surface area contributed by atoms with Crippen LogP contribution < -0.4 is 0 Å². The highest BCUT2D eigenvalue weighted by Gasteiger charge is 2.26. The van der Waals surface area contributed by atoms with Crippen LogP contribution in [0.4, 0.5) is 0 Å². The zero-order valence-corrected chi connectivity index (χ0v) is 34.0. The number of carbonyl (C=O) groups excluding carboxylic acids is 2. The largest absolute Gasteiger partial charge is 0.472 e. The fraction of sp³-hybridized carbons (Fsp3) is 0.950. The fourth-order valence-electron chi connectivity index (χ4n) is 5.92. The summed E-state index contributed by atoms with van der Waals surface area (Å²) < 4.78 is 33.4. The number of unbranched alkanes of at least 4 members (excludes halogenated alkanes) is 25. The molecule has 0 aromatic rings. The van der Waals surface area contributed by atoms with E-state index in [4.69, 9.17) is 18.5 Å². The molecule has 0 bridgehead atoms. The molecule has 0 saturated heterocycles. The van der Waals surface area contributed by atoms with E-state index in [1.54, 1.807) is 0 Å². The molecule has 0 radical (unpaired) electrons. The molecule has 0 aliphatic carbocycles. The molecule has 50 heavy (non-hydrogen) atoms. The molecular weight excluding hydrogens is 653 g/mol. The molecule has 0 saturated carbocycles. The van der Waals surface area contributed by atoms with Crippen LogP contribution in [-0.4, -0.2) is 68.3 Å². The first-order chi connectivity index (χ1) is 24.2. The Hall–Kier alpha value is -0.990. The zero-order chi connectivity index (χ0) is 37.0. The highest BCUT2D eigenvalue weighted by molar-refractivity contribution is 7.47. The van der Waals surface area contributed by atoms with Crippen LogP contribution in [-0.2, 0) is 32.7 Å². The Morgan fingerprint density at radius 2 is 0.900 bits per heavy atom. The van der Waals surface area contributed by atoms with Gasteiger partial charge in [0.05, 0.1) is 13.2 Å². The van der Waals surface area contributed by atoms with Crippen molar-refractivity contribution in [1.82, 2.24) is 4.90 Å². The van der Waals surface area contributed by atoms with Gasteiger partial charge in [0.25, 0.3) is 0 Å². The lowest BCUT2D eigenvalue weighted by molar-refractivity contribution is -0.161. The summed E-state index contributed by atoms with van der Waals surface area (Å²) in [6.45, 7) is 4.34. The number of phosphoric ester groups is 1. The van der Waals surface area contributed by atoms with Gasteiger partial charge in [-0.3, -0.25) is 18.6 Å². The number of rotatable bonds is 39. The Bertz CT molecular complexity index is 812. The Kier molecular flexibility index (Phi) is 35.7. The smallest absolute Gasteiger partial charge is 0.462 e. The summed E-state index contributed by atoms with van der Waals surface area (Å²) in [7, 11) is -0.697. The molecule has 0 heterocycles. The molecule has 0 aliphatic rings. The predicted octanol–water partition coefficient (Wildman–Crippen LogP) is 11.5. The van der Waals surface area contributed by atoms with Crippen LogP contribution >= 0.6 is 7.82 Å². The van der Waals surface area contributed by atoms with Gasteiger partial charge in [-0.15, -0.1) is 0 Å². The minimum atomic E-state index is -4.35. The average Bonchev–Trinajstić information content (AvgIpc) is 3.08. The zero-order valence-electron chi connectivity index (χ0n) is 33.1. The molecule has 0 rings (SSSR count). The van der Waals surface area contributed by atoms with Crippen LogP contribution in [0.3, 0.4) is 0 Å². The summed E-state index contributed by atoms with van der Waals surface area (Å²) in [5.74, 6) is -0.790. The van der Waals surface area contributed by atoms with E-state index in [0.717, 1.165) is 38.5 Å². The van der Waals surface area contributed by atoms with Crippen molar-refractivity contribution in [3.8, 4) is 0 Å². The Morgan fingerprint density at radius 1 is 0.540 bits per heavy atom. The van der Waals surface area contributed by atoms with Gasteiger partial charge in [-0.2, -0.15) is 0 Å². The fourth-order valence-corrected chi connectivity index (χ4v) is 6.66. The van der Waals surface area contributed by atoms with E-state index in [-0.39, 0.29) is 25.6 Å². The van der Waals surface area contributed by atoms with Crippen LogP contribution in [0.1, 0.15) is 200 Å². The maximum absolute atomic E-state index is 12.6. The monoisotopic (exact) mass is 734 g/mol. The van der Waals surface area contributed by atoms with E-state index >= 15 is 0 Å². The Balaban J connectivity index is 4.28. The molecule has 0 aromatic heterocycles. The molecular formula is C40H80NO8P. The third-order valence-corrected chi connectivity index (χ3v) is 10.1. The molecule has 298 valence electrons. The van der Waals surface area contributed by atoms with Crippen LogP contribution in [0.5, 0.6) is 0 Å². The lowest BCUT2D eigenvalue weighted by atomic mass is 10.0. The molecule has 9 nitrogen and oxygen atoms in total. The van der Waals surface area contributed by atoms with Gasteiger partial charge in [0.2, 0.25) is 0 Å². The predicted molar refractivity (Wildman–Crippen MR) is 206 cm³/mol. The van der Waals surface area contributed by atoms with Gasteiger partial charge in [0.1, 0.15) is 6.61 Å². The number of ether oxygens (including phenoxy) is 2. The first kappa shape index (κ1) is 49.0. The van der Waals surface area contributed by atoms with Crippen LogP contribution in [0.25, 0.3) is 0 Å². The number of nitrogens with zero attached hydrogens (tertiary/aromatic N) is 1. The highest BCUT2D eigenvalue weighted by atomic mass is 31.2. The SMILES string of the molecule is CCCCCCCCCCCCCCCCCC(=O)OC(COC(=O)CCCCCCCCCCCCCC)COP(=O)(O)OCCN(C)C. The highest BCUT2D eigenvalue weighted by Crippen LogP contribution is 2.43. The second-order valence-electron chi connectivity index (χ2n) is 14.5. The van der Waals surface area contributed by atoms with Gasteiger partial charge < -0.3 is 19.3 Å². The molecule has 0 fully saturated rings. The summed E-state index contributed by atoms with van der Waals surface area (Å²) in [6.07, 6.45) is 32.8. The summed E-state index contributed by atoms with van der Waals surface area (Å²) in [5.41, 5.74) is 0. The molecule has 0 aromatic carbocycles. The van der Waals surface area contributed by atoms with Gasteiger partial charge in [0.15, 0.2) is 6.10 Å². The van der Waals surface area contributed by atoms with Crippen molar-refractivity contribution in [2.24, 2.45) is 0 Å². The van der Waals surface area contributed by atoms with Crippen LogP contribution in [0, 0.1) is 0 Å². The van der Waals surface area contributed by atoms with E-state index in [1.165, 1.54) is 135 Å². The van der Waals surface area contributed by atoms with Crippen LogP contribution in [0.15, 0.2) is 0 Å². The van der Waals surface area contributed by atoms with Crippen molar-refractivity contribution in [1.29, 1.82) is 0 Å². The van der Waals surface area contributed by atoms with E-state index in [2.05, 4.69) is 13.8 Å². The number of phosphoric acid groups is 1. The van der Waals surface area contributed by atoms with Crippen molar-refractivity contribution in [3.05, 3.63) is 0 Å². The second kappa shape index (κ2) is 36.4. The molecule has 0 aliphatic heterocycles. The topological polar surface area (TPSA) is 112 Å². The summed E-state index contributed by atoms with van der Waals surface area (Å²) in [5, 5.41) is 0. The number of carbonyl (C=O) groups is 2. The van der Waals surface area contributed by atoms with Crippen molar-refractivity contribution < 1.29 is 37.6 Å². The van der Waals surface area contributed by atoms with Gasteiger partial charge in [-0.25, -0.2) is 4.57 Å². The third-order valence-electron chi connectivity index (χ3n) is 9.16. The minimum Gasteiger partial charge on any atom is -0.462 e. The normalized spacial score (nSPS) is 13.4. The van der Waals surface area contributed by atoms with Crippen molar-refractivity contribution in [2.45, 2.75) is 206 Å². The molecule has 10 heteroatoms. The molecule has 0 amide bonds. The summed E-state index contributed by atoms with van der Waals surface area (Å²) in [6, 6.07) is 0. The van der Waals surface area contributed by atoms with E-state index in [0.29, 0.717) is 13.0 Å². The first-order valence-electron chi connectivity index (χ1n) is 20.8. The van der Waals surface area contributed by atoms with Gasteiger partial charge in [0, 0.05) is 19.4 Å². The Labute approximate surface area is 308 Å². The lowest BCUT2D eigenvalue weighted by Crippen LogP contribution is -2.29. The first-order valence-corrected chi connectivity index (χ1v) is 22.3. The minimum absolute atomic E-state index is 0.0124. The number of esters is 2. The summed E-state index contributed by atoms with van der Waals surface area (Å²) >= 11 is 0. The lowest BCUT2D eigenvalue weighted by Gasteiger charge is -2.20. The van der Waals surface area contributed by atoms with Crippen molar-refractivity contribution in [2.75, 3.05) is 40.5 Å².